The third kappa shape index (κ3) is 5.93. The zero-order valence-corrected chi connectivity index (χ0v) is 12.9. The van der Waals surface area contributed by atoms with Crippen molar-refractivity contribution in [2.45, 2.75) is 18.7 Å². The fourth-order valence-electron chi connectivity index (χ4n) is 1.62. The van der Waals surface area contributed by atoms with E-state index >= 15 is 0 Å². The summed E-state index contributed by atoms with van der Waals surface area (Å²) in [4.78, 5) is 12.9. The number of rotatable bonds is 3. The van der Waals surface area contributed by atoms with E-state index in [0.29, 0.717) is 0 Å². The summed E-state index contributed by atoms with van der Waals surface area (Å²) in [6.07, 6.45) is 5.80. The van der Waals surface area contributed by atoms with Gasteiger partial charge in [-0.15, -0.1) is 0 Å². The molecule has 1 aliphatic rings. The van der Waals surface area contributed by atoms with Gasteiger partial charge in [0.2, 0.25) is 0 Å². The fourth-order valence-corrected chi connectivity index (χ4v) is 2.12. The number of benzene rings is 1. The maximum atomic E-state index is 10.9. The Morgan fingerprint density at radius 1 is 1.29 bits per heavy atom. The third-order valence-corrected chi connectivity index (χ3v) is 3.73. The SMILES string of the molecule is CCN1C=CC(C(C)=O)=CC1.O=S(=O)(O)c1ccccc1. The molecule has 0 radical (unpaired) electrons. The number of carbonyl (C=O) groups is 1. The predicted molar refractivity (Wildman–Crippen MR) is 81.4 cm³/mol. The number of ketones is 1. The van der Waals surface area contributed by atoms with Crippen LogP contribution in [0.3, 0.4) is 0 Å². The highest BCUT2D eigenvalue weighted by molar-refractivity contribution is 7.85. The van der Waals surface area contributed by atoms with Gasteiger partial charge in [0.1, 0.15) is 0 Å². The molecule has 0 atom stereocenters. The van der Waals surface area contributed by atoms with Crippen molar-refractivity contribution in [1.29, 1.82) is 0 Å². The van der Waals surface area contributed by atoms with Gasteiger partial charge in [0.25, 0.3) is 10.1 Å². The first kappa shape index (κ1) is 17.1. The molecule has 2 rings (SSSR count). The molecule has 0 saturated carbocycles. The summed E-state index contributed by atoms with van der Waals surface area (Å²) >= 11 is 0. The molecule has 1 N–H and O–H groups in total. The van der Waals surface area contributed by atoms with Gasteiger partial charge in [0.05, 0.1) is 4.90 Å². The lowest BCUT2D eigenvalue weighted by Crippen LogP contribution is -2.20. The summed E-state index contributed by atoms with van der Waals surface area (Å²) in [7, 11) is -4.00. The van der Waals surface area contributed by atoms with E-state index in [0.717, 1.165) is 18.7 Å². The Morgan fingerprint density at radius 2 is 1.90 bits per heavy atom. The molecule has 0 bridgehead atoms. The topological polar surface area (TPSA) is 74.7 Å². The number of nitrogens with zero attached hydrogens (tertiary/aromatic N) is 1. The van der Waals surface area contributed by atoms with Crippen LogP contribution in [-0.2, 0) is 14.9 Å². The number of likely N-dealkylation sites (N-methyl/N-ethyl adjacent to an activating group) is 1. The van der Waals surface area contributed by atoms with Crippen LogP contribution in [-0.4, -0.2) is 36.7 Å². The fraction of sp³-hybridized carbons (Fsp3) is 0.267. The molecule has 0 saturated heterocycles. The normalized spacial score (nSPS) is 14.0. The molecule has 0 fully saturated rings. The molecule has 1 aromatic carbocycles. The van der Waals surface area contributed by atoms with Crippen LogP contribution in [0.5, 0.6) is 0 Å². The first-order valence-electron chi connectivity index (χ1n) is 6.50. The maximum Gasteiger partial charge on any atom is 0.294 e. The molecular weight excluding hydrogens is 290 g/mol. The molecule has 1 aromatic rings. The summed E-state index contributed by atoms with van der Waals surface area (Å²) in [5.41, 5.74) is 0.828. The van der Waals surface area contributed by atoms with Gasteiger partial charge in [-0.2, -0.15) is 8.42 Å². The second kappa shape index (κ2) is 7.75. The standard InChI is InChI=1S/C9H13NO.C6H6O3S/c1-3-10-6-4-9(5-7-10)8(2)11;7-10(8,9)6-4-2-1-3-5-6/h4-6H,3,7H2,1-2H3;1-5H,(H,7,8,9). The highest BCUT2D eigenvalue weighted by atomic mass is 32.2. The lowest BCUT2D eigenvalue weighted by Gasteiger charge is -2.19. The molecule has 0 unspecified atom stereocenters. The second-order valence-corrected chi connectivity index (χ2v) is 5.83. The van der Waals surface area contributed by atoms with Crippen molar-refractivity contribution in [1.82, 2.24) is 4.90 Å². The van der Waals surface area contributed by atoms with E-state index in [1.807, 2.05) is 18.4 Å². The molecule has 6 heteroatoms. The van der Waals surface area contributed by atoms with Crippen LogP contribution in [0.2, 0.25) is 0 Å². The van der Waals surface area contributed by atoms with Gasteiger partial charge in [-0.3, -0.25) is 9.35 Å². The molecule has 0 amide bonds. The van der Waals surface area contributed by atoms with Crippen molar-refractivity contribution in [3.05, 3.63) is 54.3 Å². The lowest BCUT2D eigenvalue weighted by atomic mass is 10.1. The highest BCUT2D eigenvalue weighted by Gasteiger charge is 2.06. The zero-order chi connectivity index (χ0) is 15.9. The molecule has 5 nitrogen and oxygen atoms in total. The summed E-state index contributed by atoms with van der Waals surface area (Å²) in [6.45, 7) is 5.55. The van der Waals surface area contributed by atoms with Crippen LogP contribution in [0.15, 0.2) is 59.2 Å². The Bertz CT molecular complexity index is 633. The Kier molecular flexibility index (Phi) is 6.33. The largest absolute Gasteiger partial charge is 0.374 e. The minimum absolute atomic E-state index is 0.0741. The highest BCUT2D eigenvalue weighted by Crippen LogP contribution is 2.07. The van der Waals surface area contributed by atoms with Gasteiger partial charge in [0, 0.05) is 24.9 Å². The number of allylic oxidation sites excluding steroid dienone is 2. The molecule has 21 heavy (non-hydrogen) atoms. The summed E-state index contributed by atoms with van der Waals surface area (Å²) in [6, 6.07) is 7.42. The molecule has 0 spiro atoms. The maximum absolute atomic E-state index is 10.9. The second-order valence-electron chi connectivity index (χ2n) is 4.41. The average Bonchev–Trinajstić information content (AvgIpc) is 2.48. The van der Waals surface area contributed by atoms with E-state index in [2.05, 4.69) is 11.8 Å². The molecule has 0 aromatic heterocycles. The van der Waals surface area contributed by atoms with E-state index < -0.39 is 10.1 Å². The van der Waals surface area contributed by atoms with Crippen LogP contribution in [0.1, 0.15) is 13.8 Å². The summed E-state index contributed by atoms with van der Waals surface area (Å²) in [5.74, 6) is 0.150. The first-order chi connectivity index (χ1) is 9.84. The van der Waals surface area contributed by atoms with E-state index in [9.17, 15) is 13.2 Å². The van der Waals surface area contributed by atoms with Crippen LogP contribution < -0.4 is 0 Å². The molecule has 114 valence electrons. The van der Waals surface area contributed by atoms with Crippen molar-refractivity contribution in [2.75, 3.05) is 13.1 Å². The molecule has 1 aliphatic heterocycles. The minimum atomic E-state index is -4.00. The Morgan fingerprint density at radius 3 is 2.24 bits per heavy atom. The van der Waals surface area contributed by atoms with Crippen LogP contribution >= 0.6 is 0 Å². The van der Waals surface area contributed by atoms with Crippen molar-refractivity contribution >= 4 is 15.9 Å². The molecule has 0 aliphatic carbocycles. The van der Waals surface area contributed by atoms with E-state index in [1.54, 1.807) is 25.1 Å². The smallest absolute Gasteiger partial charge is 0.294 e. The molecule has 1 heterocycles. The van der Waals surface area contributed by atoms with Gasteiger partial charge in [-0.05, 0) is 32.1 Å². The average molecular weight is 309 g/mol. The van der Waals surface area contributed by atoms with Gasteiger partial charge >= 0.3 is 0 Å². The van der Waals surface area contributed by atoms with Crippen molar-refractivity contribution in [3.63, 3.8) is 0 Å². The molecular formula is C15H19NO4S. The number of hydrogen-bond acceptors (Lipinski definition) is 4. The zero-order valence-electron chi connectivity index (χ0n) is 12.1. The van der Waals surface area contributed by atoms with Gasteiger partial charge in [-0.25, -0.2) is 0 Å². The van der Waals surface area contributed by atoms with Gasteiger partial charge < -0.3 is 4.90 Å². The number of carbonyl (C=O) groups excluding carboxylic acids is 1. The summed E-state index contributed by atoms with van der Waals surface area (Å²) in [5, 5.41) is 0. The van der Waals surface area contributed by atoms with E-state index in [-0.39, 0.29) is 10.7 Å². The van der Waals surface area contributed by atoms with Gasteiger partial charge in [-0.1, -0.05) is 24.3 Å². The van der Waals surface area contributed by atoms with Crippen molar-refractivity contribution in [3.8, 4) is 0 Å². The third-order valence-electron chi connectivity index (χ3n) is 2.86. The van der Waals surface area contributed by atoms with Gasteiger partial charge in [0.15, 0.2) is 5.78 Å². The predicted octanol–water partition coefficient (Wildman–Crippen LogP) is 2.28. The Balaban J connectivity index is 0.000000211. The Labute approximate surface area is 125 Å². The Hall–Kier alpha value is -1.92. The van der Waals surface area contributed by atoms with Crippen molar-refractivity contribution < 1.29 is 17.8 Å². The van der Waals surface area contributed by atoms with Crippen molar-refractivity contribution in [2.24, 2.45) is 0 Å². The van der Waals surface area contributed by atoms with Crippen LogP contribution in [0, 0.1) is 0 Å². The first-order valence-corrected chi connectivity index (χ1v) is 7.94. The van der Waals surface area contributed by atoms with E-state index in [4.69, 9.17) is 4.55 Å². The quantitative estimate of drug-likeness (QED) is 0.867. The lowest BCUT2D eigenvalue weighted by molar-refractivity contribution is -0.113. The van der Waals surface area contributed by atoms with E-state index in [1.165, 1.54) is 12.1 Å². The number of hydrogen-bond donors (Lipinski definition) is 1. The number of Topliss-reactive ketones (excluding diaryl/α,β-unsaturated/α-hetero) is 1. The minimum Gasteiger partial charge on any atom is -0.374 e. The monoisotopic (exact) mass is 309 g/mol. The van der Waals surface area contributed by atoms with Crippen LogP contribution in [0.4, 0.5) is 0 Å². The van der Waals surface area contributed by atoms with Crippen LogP contribution in [0.25, 0.3) is 0 Å². The summed E-state index contributed by atoms with van der Waals surface area (Å²) < 4.78 is 29.2.